The minimum Gasteiger partial charge on any atom is -0.396 e. The summed E-state index contributed by atoms with van der Waals surface area (Å²) in [5, 5.41) is 13.5. The fourth-order valence-corrected chi connectivity index (χ4v) is 6.99. The monoisotopic (exact) mass is 343 g/mol. The Morgan fingerprint density at radius 3 is 2.25 bits per heavy atom. The summed E-state index contributed by atoms with van der Waals surface area (Å²) in [5.41, 5.74) is 6.88. The van der Waals surface area contributed by atoms with E-state index in [-0.39, 0.29) is 17.2 Å². The first-order valence-corrected chi connectivity index (χ1v) is 9.87. The quantitative estimate of drug-likeness (QED) is 0.793. The largest absolute Gasteiger partial charge is 0.396 e. The molecule has 4 nitrogen and oxygen atoms in total. The van der Waals surface area contributed by atoms with E-state index in [0.29, 0.717) is 16.1 Å². The van der Waals surface area contributed by atoms with Crippen LogP contribution in [0.25, 0.3) is 0 Å². The Labute approximate surface area is 147 Å². The van der Waals surface area contributed by atoms with E-state index in [0.717, 1.165) is 42.0 Å². The highest BCUT2D eigenvalue weighted by atomic mass is 32.1. The average Bonchev–Trinajstić information content (AvgIpc) is 2.80. The third-order valence-corrected chi connectivity index (χ3v) is 7.34. The third-order valence-electron chi connectivity index (χ3n) is 6.20. The third kappa shape index (κ3) is 2.35. The molecule has 1 heterocycles. The molecule has 0 atom stereocenters. The molecule has 4 bridgehead atoms. The molecule has 4 aliphatic rings. The molecule has 0 spiro atoms. The number of anilines is 2. The minimum absolute atomic E-state index is 0.199. The van der Waals surface area contributed by atoms with E-state index in [1.54, 1.807) is 0 Å². The zero-order valence-corrected chi connectivity index (χ0v) is 15.2. The van der Waals surface area contributed by atoms with Gasteiger partial charge in [-0.15, -0.1) is 11.3 Å². The number of nitrogens with zero attached hydrogens (tertiary/aromatic N) is 1. The molecule has 24 heavy (non-hydrogen) atoms. The van der Waals surface area contributed by atoms with Crippen LogP contribution in [0.1, 0.15) is 67.6 Å². The molecule has 1 aromatic rings. The van der Waals surface area contributed by atoms with Gasteiger partial charge in [-0.25, -0.2) is 0 Å². The van der Waals surface area contributed by atoms with Crippen molar-refractivity contribution in [1.29, 1.82) is 5.26 Å². The average molecular weight is 343 g/mol. The molecule has 4 fully saturated rings. The molecule has 0 aliphatic heterocycles. The number of carbonyl (C=O) groups excluding carboxylic acids is 1. The van der Waals surface area contributed by atoms with Gasteiger partial charge in [0, 0.05) is 11.5 Å². The maximum Gasteiger partial charge on any atom is 0.181 e. The maximum atomic E-state index is 13.5. The van der Waals surface area contributed by atoms with Gasteiger partial charge in [0.15, 0.2) is 5.78 Å². The number of nitrogens with two attached hydrogens (primary N) is 1. The molecule has 128 valence electrons. The van der Waals surface area contributed by atoms with Crippen molar-refractivity contribution >= 4 is 27.8 Å². The predicted octanol–water partition coefficient (Wildman–Crippen LogP) is 4.42. The zero-order valence-electron chi connectivity index (χ0n) is 14.4. The van der Waals surface area contributed by atoms with Crippen molar-refractivity contribution in [2.24, 2.45) is 23.2 Å². The van der Waals surface area contributed by atoms with Crippen LogP contribution in [-0.4, -0.2) is 11.8 Å². The summed E-state index contributed by atoms with van der Waals surface area (Å²) in [4.78, 5) is 14.1. The molecule has 0 amide bonds. The number of nitriles is 1. The smallest absolute Gasteiger partial charge is 0.181 e. The fraction of sp³-hybridized carbons (Fsp3) is 0.684. The molecule has 0 saturated heterocycles. The van der Waals surface area contributed by atoms with E-state index in [1.165, 1.54) is 30.6 Å². The van der Waals surface area contributed by atoms with E-state index in [1.807, 2.05) is 13.8 Å². The van der Waals surface area contributed by atoms with Crippen LogP contribution in [-0.2, 0) is 0 Å². The Morgan fingerprint density at radius 2 is 1.79 bits per heavy atom. The van der Waals surface area contributed by atoms with Crippen LogP contribution in [0.5, 0.6) is 0 Å². The highest BCUT2D eigenvalue weighted by Crippen LogP contribution is 2.61. The Balaban J connectivity index is 1.70. The predicted molar refractivity (Wildman–Crippen MR) is 97.1 cm³/mol. The summed E-state index contributed by atoms with van der Waals surface area (Å²) < 4.78 is 0. The van der Waals surface area contributed by atoms with Crippen LogP contribution >= 0.6 is 11.3 Å². The van der Waals surface area contributed by atoms with Gasteiger partial charge in [0.05, 0.1) is 10.6 Å². The Kier molecular flexibility index (Phi) is 3.65. The number of hydrogen-bond donors (Lipinski definition) is 2. The van der Waals surface area contributed by atoms with Crippen molar-refractivity contribution in [2.75, 3.05) is 11.1 Å². The van der Waals surface area contributed by atoms with Gasteiger partial charge < -0.3 is 11.1 Å². The number of nitrogens with one attached hydrogen (secondary N) is 1. The van der Waals surface area contributed by atoms with Crippen molar-refractivity contribution in [3.8, 4) is 6.07 Å². The second-order valence-corrected chi connectivity index (χ2v) is 9.51. The fourth-order valence-electron chi connectivity index (χ4n) is 5.72. The van der Waals surface area contributed by atoms with Gasteiger partial charge in [-0.2, -0.15) is 5.26 Å². The number of rotatable bonds is 4. The van der Waals surface area contributed by atoms with Gasteiger partial charge >= 0.3 is 0 Å². The SMILES string of the molecule is CC(C)Nc1sc(C(=O)C23CC4CC(CC(C4)C2)C3)c(N)c1C#N. The van der Waals surface area contributed by atoms with Gasteiger partial charge in [0.2, 0.25) is 0 Å². The van der Waals surface area contributed by atoms with Crippen molar-refractivity contribution in [3.05, 3.63) is 10.4 Å². The van der Waals surface area contributed by atoms with Crippen LogP contribution in [0.2, 0.25) is 0 Å². The Hall–Kier alpha value is -1.54. The Bertz CT molecular complexity index is 692. The summed E-state index contributed by atoms with van der Waals surface area (Å²) in [6.45, 7) is 4.05. The summed E-state index contributed by atoms with van der Waals surface area (Å²) in [6, 6.07) is 2.40. The summed E-state index contributed by atoms with van der Waals surface area (Å²) >= 11 is 1.39. The van der Waals surface area contributed by atoms with Gasteiger partial charge in [-0.1, -0.05) is 0 Å². The highest BCUT2D eigenvalue weighted by Gasteiger charge is 2.55. The molecule has 3 N–H and O–H groups in total. The van der Waals surface area contributed by atoms with Crippen molar-refractivity contribution < 1.29 is 4.79 Å². The van der Waals surface area contributed by atoms with Crippen molar-refractivity contribution in [3.63, 3.8) is 0 Å². The number of hydrogen-bond acceptors (Lipinski definition) is 5. The number of ketones is 1. The second kappa shape index (κ2) is 5.49. The van der Waals surface area contributed by atoms with E-state index in [4.69, 9.17) is 5.73 Å². The molecular formula is C19H25N3OS. The molecule has 5 rings (SSSR count). The molecule has 5 heteroatoms. The summed E-state index contributed by atoms with van der Waals surface area (Å²) in [5.74, 6) is 2.40. The van der Waals surface area contributed by atoms with Gasteiger partial charge in [-0.05, 0) is 70.1 Å². The van der Waals surface area contributed by atoms with Gasteiger partial charge in [0.1, 0.15) is 16.6 Å². The Morgan fingerprint density at radius 1 is 1.25 bits per heavy atom. The molecule has 0 unspecified atom stereocenters. The van der Waals surface area contributed by atoms with E-state index >= 15 is 0 Å². The van der Waals surface area contributed by atoms with E-state index in [2.05, 4.69) is 11.4 Å². The first-order valence-electron chi connectivity index (χ1n) is 9.05. The van der Waals surface area contributed by atoms with Crippen LogP contribution < -0.4 is 11.1 Å². The number of Topliss-reactive ketones (excluding diaryl/α,β-unsaturated/α-hetero) is 1. The molecule has 4 aliphatic carbocycles. The summed E-state index contributed by atoms with van der Waals surface area (Å²) in [7, 11) is 0. The number of thiophene rings is 1. The minimum atomic E-state index is -0.199. The lowest BCUT2D eigenvalue weighted by Gasteiger charge is -2.55. The standard InChI is InChI=1S/C19H25N3OS/c1-10(2)22-18-14(9-20)15(21)16(24-18)17(23)19-6-11-3-12(7-19)5-13(4-11)8-19/h10-13,22H,3-8,21H2,1-2H3. The summed E-state index contributed by atoms with van der Waals surface area (Å²) in [6.07, 6.45) is 7.04. The van der Waals surface area contributed by atoms with Crippen molar-refractivity contribution in [2.45, 2.75) is 58.4 Å². The second-order valence-electron chi connectivity index (χ2n) is 8.49. The molecule has 4 saturated carbocycles. The highest BCUT2D eigenvalue weighted by molar-refractivity contribution is 7.19. The van der Waals surface area contributed by atoms with E-state index < -0.39 is 0 Å². The first kappa shape index (κ1) is 16.0. The van der Waals surface area contributed by atoms with Crippen LogP contribution in [0.15, 0.2) is 0 Å². The number of carbonyl (C=O) groups is 1. The normalized spacial score (nSPS) is 33.7. The lowest BCUT2D eigenvalue weighted by Crippen LogP contribution is -2.49. The molecule has 0 aromatic carbocycles. The molecule has 1 aromatic heterocycles. The zero-order chi connectivity index (χ0) is 17.1. The van der Waals surface area contributed by atoms with Gasteiger partial charge in [-0.3, -0.25) is 4.79 Å². The maximum absolute atomic E-state index is 13.5. The topological polar surface area (TPSA) is 78.9 Å². The van der Waals surface area contributed by atoms with Crippen LogP contribution in [0, 0.1) is 34.5 Å². The molecule has 0 radical (unpaired) electrons. The number of nitrogen functional groups attached to an aromatic ring is 1. The lowest BCUT2D eigenvalue weighted by atomic mass is 9.48. The van der Waals surface area contributed by atoms with Crippen molar-refractivity contribution in [1.82, 2.24) is 0 Å². The van der Waals surface area contributed by atoms with E-state index in [9.17, 15) is 10.1 Å². The molecular weight excluding hydrogens is 318 g/mol. The van der Waals surface area contributed by atoms with Gasteiger partial charge in [0.25, 0.3) is 0 Å². The lowest BCUT2D eigenvalue weighted by molar-refractivity contribution is -0.0350. The first-order chi connectivity index (χ1) is 11.4. The van der Waals surface area contributed by atoms with Crippen LogP contribution in [0.4, 0.5) is 10.7 Å². The van der Waals surface area contributed by atoms with Crippen LogP contribution in [0.3, 0.4) is 0 Å².